The van der Waals surface area contributed by atoms with E-state index in [1.165, 1.54) is 6.42 Å². The van der Waals surface area contributed by atoms with Gasteiger partial charge >= 0.3 is 0 Å². The molecule has 3 nitrogen and oxygen atoms in total. The fourth-order valence-corrected chi connectivity index (χ4v) is 1.45. The molecule has 0 bridgehead atoms. The molecule has 1 heterocycles. The number of hydrogen-bond acceptors (Lipinski definition) is 3. The quantitative estimate of drug-likeness (QED) is 0.680. The van der Waals surface area contributed by atoms with Gasteiger partial charge in [-0.25, -0.2) is 4.98 Å². The second-order valence-electron chi connectivity index (χ2n) is 2.80. The number of aliphatic hydroxyl groups excluding tert-OH is 1. The van der Waals surface area contributed by atoms with Crippen LogP contribution in [0.3, 0.4) is 0 Å². The van der Waals surface area contributed by atoms with Crippen LogP contribution < -0.4 is 0 Å². The number of aliphatic hydroxyl groups is 1. The van der Waals surface area contributed by atoms with Crippen molar-refractivity contribution in [2.75, 3.05) is 6.61 Å². The number of nitrogens with zero attached hydrogens (tertiary/aromatic N) is 1. The summed E-state index contributed by atoms with van der Waals surface area (Å²) in [6.45, 7) is 0.124. The van der Waals surface area contributed by atoms with E-state index in [0.29, 0.717) is 12.3 Å². The van der Waals surface area contributed by atoms with Crippen LogP contribution in [0, 0.1) is 0 Å². The molecule has 0 saturated carbocycles. The van der Waals surface area contributed by atoms with Gasteiger partial charge in [0.1, 0.15) is 5.76 Å². The van der Waals surface area contributed by atoms with Gasteiger partial charge in [0, 0.05) is 12.8 Å². The molecule has 2 rings (SSSR count). The average molecular weight is 153 g/mol. The topological polar surface area (TPSA) is 46.3 Å². The van der Waals surface area contributed by atoms with E-state index in [0.717, 1.165) is 24.3 Å². The molecule has 0 aromatic carbocycles. The third kappa shape index (κ3) is 1.16. The molecule has 0 spiro atoms. The van der Waals surface area contributed by atoms with E-state index in [2.05, 4.69) is 4.98 Å². The lowest BCUT2D eigenvalue weighted by Crippen LogP contribution is -1.91. The van der Waals surface area contributed by atoms with Crippen LogP contribution in [0.5, 0.6) is 0 Å². The van der Waals surface area contributed by atoms with Gasteiger partial charge in [-0.15, -0.1) is 0 Å². The highest BCUT2D eigenvalue weighted by Crippen LogP contribution is 2.21. The first kappa shape index (κ1) is 6.85. The Bertz CT molecular complexity index is 233. The Kier molecular flexibility index (Phi) is 1.66. The Morgan fingerprint density at radius 3 is 3.09 bits per heavy atom. The fourth-order valence-electron chi connectivity index (χ4n) is 1.45. The Labute approximate surface area is 65.1 Å². The van der Waals surface area contributed by atoms with Crippen molar-refractivity contribution in [3.63, 3.8) is 0 Å². The van der Waals surface area contributed by atoms with Gasteiger partial charge in [0.15, 0.2) is 5.89 Å². The first-order valence-electron chi connectivity index (χ1n) is 3.98. The maximum atomic E-state index is 8.61. The van der Waals surface area contributed by atoms with Crippen molar-refractivity contribution in [2.24, 2.45) is 0 Å². The average Bonchev–Trinajstić information content (AvgIpc) is 2.46. The fraction of sp³-hybridized carbons (Fsp3) is 0.625. The zero-order valence-electron chi connectivity index (χ0n) is 6.34. The second-order valence-corrected chi connectivity index (χ2v) is 2.80. The molecule has 0 aliphatic heterocycles. The van der Waals surface area contributed by atoms with Crippen molar-refractivity contribution in [1.29, 1.82) is 0 Å². The summed E-state index contributed by atoms with van der Waals surface area (Å²) in [4.78, 5) is 4.25. The summed E-state index contributed by atoms with van der Waals surface area (Å²) < 4.78 is 5.40. The lowest BCUT2D eigenvalue weighted by Gasteiger charge is -1.88. The van der Waals surface area contributed by atoms with Crippen LogP contribution in [0.2, 0.25) is 0 Å². The van der Waals surface area contributed by atoms with E-state index < -0.39 is 0 Å². The second kappa shape index (κ2) is 2.66. The highest BCUT2D eigenvalue weighted by atomic mass is 16.4. The van der Waals surface area contributed by atoms with E-state index in [9.17, 15) is 0 Å². The van der Waals surface area contributed by atoms with Gasteiger partial charge < -0.3 is 9.52 Å². The van der Waals surface area contributed by atoms with E-state index in [4.69, 9.17) is 9.52 Å². The van der Waals surface area contributed by atoms with Gasteiger partial charge in [-0.2, -0.15) is 0 Å². The van der Waals surface area contributed by atoms with Crippen LogP contribution >= 0.6 is 0 Å². The van der Waals surface area contributed by atoms with Gasteiger partial charge in [-0.1, -0.05) is 0 Å². The number of aryl methyl sites for hydroxylation is 2. The molecule has 0 atom stereocenters. The number of oxazole rings is 1. The molecule has 0 fully saturated rings. The molecule has 60 valence electrons. The minimum atomic E-state index is 0.124. The standard InChI is InChI=1S/C8H11NO2/c10-5-4-8-9-6-2-1-3-7(6)11-8/h10H,1-5H2. The van der Waals surface area contributed by atoms with Crippen molar-refractivity contribution in [1.82, 2.24) is 4.98 Å². The summed E-state index contributed by atoms with van der Waals surface area (Å²) in [7, 11) is 0. The van der Waals surface area contributed by atoms with Crippen molar-refractivity contribution < 1.29 is 9.52 Å². The monoisotopic (exact) mass is 153 g/mol. The Hall–Kier alpha value is -0.830. The normalized spacial score (nSPS) is 15.4. The number of aromatic nitrogens is 1. The van der Waals surface area contributed by atoms with E-state index in [1.807, 2.05) is 0 Å². The smallest absolute Gasteiger partial charge is 0.196 e. The molecule has 3 heteroatoms. The maximum Gasteiger partial charge on any atom is 0.196 e. The molecule has 1 aromatic rings. The summed E-state index contributed by atoms with van der Waals surface area (Å²) in [6.07, 6.45) is 3.78. The third-order valence-electron chi connectivity index (χ3n) is 1.97. The van der Waals surface area contributed by atoms with Crippen LogP contribution in [0.15, 0.2) is 4.42 Å². The Balaban J connectivity index is 2.20. The van der Waals surface area contributed by atoms with E-state index >= 15 is 0 Å². The van der Waals surface area contributed by atoms with Gasteiger partial charge in [0.25, 0.3) is 0 Å². The zero-order valence-corrected chi connectivity index (χ0v) is 6.34. The summed E-state index contributed by atoms with van der Waals surface area (Å²) >= 11 is 0. The van der Waals surface area contributed by atoms with Gasteiger partial charge in [0.2, 0.25) is 0 Å². The van der Waals surface area contributed by atoms with Crippen molar-refractivity contribution in [3.05, 3.63) is 17.3 Å². The van der Waals surface area contributed by atoms with Crippen LogP contribution in [0.1, 0.15) is 23.8 Å². The first-order chi connectivity index (χ1) is 5.40. The summed E-state index contributed by atoms with van der Waals surface area (Å²) in [6, 6.07) is 0. The summed E-state index contributed by atoms with van der Waals surface area (Å²) in [5, 5.41) is 8.61. The van der Waals surface area contributed by atoms with E-state index in [-0.39, 0.29) is 6.61 Å². The van der Waals surface area contributed by atoms with Crippen molar-refractivity contribution >= 4 is 0 Å². The molecule has 0 amide bonds. The minimum absolute atomic E-state index is 0.124. The van der Waals surface area contributed by atoms with Gasteiger partial charge in [-0.05, 0) is 12.8 Å². The lowest BCUT2D eigenvalue weighted by atomic mass is 10.3. The highest BCUT2D eigenvalue weighted by Gasteiger charge is 2.17. The van der Waals surface area contributed by atoms with Gasteiger partial charge in [0.05, 0.1) is 12.3 Å². The zero-order chi connectivity index (χ0) is 7.68. The maximum absolute atomic E-state index is 8.61. The van der Waals surface area contributed by atoms with Crippen LogP contribution in [-0.4, -0.2) is 16.7 Å². The first-order valence-corrected chi connectivity index (χ1v) is 3.98. The van der Waals surface area contributed by atoms with Crippen molar-refractivity contribution in [3.8, 4) is 0 Å². The van der Waals surface area contributed by atoms with Crippen LogP contribution in [0.25, 0.3) is 0 Å². The molecule has 1 aromatic heterocycles. The predicted octanol–water partition coefficient (Wildman–Crippen LogP) is 0.698. The molecular formula is C8H11NO2. The van der Waals surface area contributed by atoms with Crippen LogP contribution in [0.4, 0.5) is 0 Å². The molecule has 1 aliphatic rings. The Morgan fingerprint density at radius 2 is 2.36 bits per heavy atom. The molecular weight excluding hydrogens is 142 g/mol. The molecule has 11 heavy (non-hydrogen) atoms. The molecule has 0 radical (unpaired) electrons. The van der Waals surface area contributed by atoms with Gasteiger partial charge in [-0.3, -0.25) is 0 Å². The Morgan fingerprint density at radius 1 is 1.45 bits per heavy atom. The van der Waals surface area contributed by atoms with Crippen molar-refractivity contribution in [2.45, 2.75) is 25.7 Å². The number of hydrogen-bond donors (Lipinski definition) is 1. The predicted molar refractivity (Wildman–Crippen MR) is 39.3 cm³/mol. The largest absolute Gasteiger partial charge is 0.445 e. The summed E-state index contributed by atoms with van der Waals surface area (Å²) in [5.41, 5.74) is 1.11. The third-order valence-corrected chi connectivity index (χ3v) is 1.97. The van der Waals surface area contributed by atoms with Crippen LogP contribution in [-0.2, 0) is 19.3 Å². The molecule has 0 unspecified atom stereocenters. The molecule has 0 saturated heterocycles. The molecule has 1 aliphatic carbocycles. The number of rotatable bonds is 2. The lowest BCUT2D eigenvalue weighted by molar-refractivity contribution is 0.283. The summed E-state index contributed by atoms with van der Waals surface area (Å²) in [5.74, 6) is 1.73. The number of fused-ring (bicyclic) bond motifs is 1. The molecule has 1 N–H and O–H groups in total. The highest BCUT2D eigenvalue weighted by molar-refractivity contribution is 5.15. The minimum Gasteiger partial charge on any atom is -0.445 e. The van der Waals surface area contributed by atoms with E-state index in [1.54, 1.807) is 0 Å². The SMILES string of the molecule is OCCc1nc2c(o1)CCC2.